The van der Waals surface area contributed by atoms with Crippen LogP contribution in [0.4, 0.5) is 0 Å². The summed E-state index contributed by atoms with van der Waals surface area (Å²) in [5, 5.41) is 25.1. The Labute approximate surface area is 142 Å². The molecule has 1 aromatic rings. The summed E-state index contributed by atoms with van der Waals surface area (Å²) in [4.78, 5) is 30.7. The van der Waals surface area contributed by atoms with E-state index in [1.807, 2.05) is 6.07 Å². The standard InChI is InChI=1S/C9H10O3.C4H2Br2O4/c1-12-8(9(10)11)7-5-3-2-4-6-7;5-1(3(7)8)2(6)4(9)10/h2-6,8H,1H3,(H,10,11);(H,7,8)(H,9,10)/b;2-1-/t8-;/m1./s1. The molecule has 0 heterocycles. The van der Waals surface area contributed by atoms with Crippen molar-refractivity contribution in [2.24, 2.45) is 0 Å². The summed E-state index contributed by atoms with van der Waals surface area (Å²) in [6.45, 7) is 0. The Morgan fingerprint density at radius 1 is 0.955 bits per heavy atom. The molecule has 0 aromatic heterocycles. The highest BCUT2D eigenvalue weighted by Gasteiger charge is 2.17. The van der Waals surface area contributed by atoms with E-state index in [4.69, 9.17) is 20.1 Å². The highest BCUT2D eigenvalue weighted by Crippen LogP contribution is 2.17. The van der Waals surface area contributed by atoms with Crippen LogP contribution in [0.5, 0.6) is 0 Å². The molecule has 0 saturated heterocycles. The van der Waals surface area contributed by atoms with Gasteiger partial charge in [-0.3, -0.25) is 0 Å². The minimum absolute atomic E-state index is 0.403. The number of hydrogen-bond donors (Lipinski definition) is 3. The smallest absolute Gasteiger partial charge is 0.344 e. The van der Waals surface area contributed by atoms with Crippen molar-refractivity contribution in [3.05, 3.63) is 44.9 Å². The number of benzene rings is 1. The molecule has 120 valence electrons. The van der Waals surface area contributed by atoms with E-state index in [1.54, 1.807) is 24.3 Å². The number of aliphatic carboxylic acids is 3. The zero-order chi connectivity index (χ0) is 17.3. The third-order valence-electron chi connectivity index (χ3n) is 2.13. The number of carboxylic acid groups (broad SMARTS) is 3. The minimum Gasteiger partial charge on any atom is -0.479 e. The molecule has 0 radical (unpaired) electrons. The Bertz CT molecular complexity index is 547. The van der Waals surface area contributed by atoms with Gasteiger partial charge in [0.05, 0.1) is 0 Å². The van der Waals surface area contributed by atoms with Crippen molar-refractivity contribution >= 4 is 49.8 Å². The van der Waals surface area contributed by atoms with E-state index < -0.39 is 33.0 Å². The number of hydrogen-bond acceptors (Lipinski definition) is 4. The lowest BCUT2D eigenvalue weighted by Crippen LogP contribution is -2.12. The van der Waals surface area contributed by atoms with E-state index in [0.717, 1.165) is 0 Å². The van der Waals surface area contributed by atoms with E-state index in [-0.39, 0.29) is 0 Å². The van der Waals surface area contributed by atoms with Crippen LogP contribution >= 0.6 is 31.9 Å². The first kappa shape index (κ1) is 20.3. The van der Waals surface area contributed by atoms with Gasteiger partial charge in [-0.2, -0.15) is 0 Å². The third-order valence-corrected chi connectivity index (χ3v) is 4.13. The maximum Gasteiger partial charge on any atom is 0.344 e. The zero-order valence-electron chi connectivity index (χ0n) is 11.2. The van der Waals surface area contributed by atoms with Crippen LogP contribution in [0.2, 0.25) is 0 Å². The maximum atomic E-state index is 10.6. The molecule has 0 fully saturated rings. The van der Waals surface area contributed by atoms with Crippen LogP contribution < -0.4 is 0 Å². The number of carboxylic acids is 3. The zero-order valence-corrected chi connectivity index (χ0v) is 14.4. The van der Waals surface area contributed by atoms with E-state index in [0.29, 0.717) is 5.56 Å². The van der Waals surface area contributed by atoms with Crippen LogP contribution in [-0.2, 0) is 19.1 Å². The fraction of sp³-hybridized carbons (Fsp3) is 0.154. The van der Waals surface area contributed by atoms with Crippen LogP contribution in [0, 0.1) is 0 Å². The first-order valence-corrected chi connectivity index (χ1v) is 7.13. The molecule has 1 rings (SSSR count). The third kappa shape index (κ3) is 6.83. The van der Waals surface area contributed by atoms with Gasteiger partial charge in [-0.25, -0.2) is 14.4 Å². The maximum absolute atomic E-state index is 10.6. The second kappa shape index (κ2) is 10.1. The summed E-state index contributed by atoms with van der Waals surface area (Å²) in [6.07, 6.45) is -0.855. The molecule has 0 spiro atoms. The number of halogens is 2. The molecule has 1 aromatic carbocycles. The van der Waals surface area contributed by atoms with Crippen molar-refractivity contribution in [3.8, 4) is 0 Å². The predicted molar refractivity (Wildman–Crippen MR) is 84.0 cm³/mol. The van der Waals surface area contributed by atoms with Gasteiger partial charge >= 0.3 is 17.9 Å². The topological polar surface area (TPSA) is 121 Å². The molecule has 0 amide bonds. The summed E-state index contributed by atoms with van der Waals surface area (Å²) in [7, 11) is 1.38. The van der Waals surface area contributed by atoms with Crippen LogP contribution in [0.15, 0.2) is 39.3 Å². The lowest BCUT2D eigenvalue weighted by molar-refractivity contribution is -0.149. The number of carbonyl (C=O) groups is 3. The molecule has 0 aliphatic carbocycles. The first-order chi connectivity index (χ1) is 10.2. The largest absolute Gasteiger partial charge is 0.479 e. The summed E-state index contributed by atoms with van der Waals surface area (Å²) in [5.74, 6) is -3.62. The molecule has 3 N–H and O–H groups in total. The van der Waals surface area contributed by atoms with Gasteiger partial charge < -0.3 is 20.1 Å². The second-order valence-corrected chi connectivity index (χ2v) is 5.19. The van der Waals surface area contributed by atoms with E-state index in [2.05, 4.69) is 31.9 Å². The van der Waals surface area contributed by atoms with Crippen LogP contribution in [0.1, 0.15) is 11.7 Å². The molecule has 1 atom stereocenters. The molecule has 0 aliphatic rings. The number of methoxy groups -OCH3 is 1. The van der Waals surface area contributed by atoms with Crippen molar-refractivity contribution in [2.75, 3.05) is 7.11 Å². The van der Waals surface area contributed by atoms with Gasteiger partial charge in [0.25, 0.3) is 0 Å². The van der Waals surface area contributed by atoms with Crippen molar-refractivity contribution in [2.45, 2.75) is 6.10 Å². The summed E-state index contributed by atoms with van der Waals surface area (Å²) < 4.78 is 3.99. The van der Waals surface area contributed by atoms with Gasteiger partial charge in [0.15, 0.2) is 6.10 Å². The number of rotatable bonds is 5. The van der Waals surface area contributed by atoms with Gasteiger partial charge in [-0.1, -0.05) is 30.3 Å². The lowest BCUT2D eigenvalue weighted by atomic mass is 10.1. The molecule has 0 saturated carbocycles. The van der Waals surface area contributed by atoms with Gasteiger partial charge in [0.2, 0.25) is 0 Å². The fourth-order valence-corrected chi connectivity index (χ4v) is 1.53. The number of ether oxygens (including phenoxy) is 1. The summed E-state index contributed by atoms with van der Waals surface area (Å²) in [5.41, 5.74) is 0.660. The molecule has 0 aliphatic heterocycles. The van der Waals surface area contributed by atoms with Gasteiger partial charge in [0.1, 0.15) is 8.96 Å². The molecular weight excluding hydrogens is 428 g/mol. The van der Waals surface area contributed by atoms with Crippen LogP contribution in [0.25, 0.3) is 0 Å². The van der Waals surface area contributed by atoms with Gasteiger partial charge in [0, 0.05) is 7.11 Å². The highest BCUT2D eigenvalue weighted by atomic mass is 79.9. The molecule has 9 heteroatoms. The Hall–Kier alpha value is -1.71. The van der Waals surface area contributed by atoms with Crippen molar-refractivity contribution < 1.29 is 34.4 Å². The first-order valence-electron chi connectivity index (χ1n) is 5.54. The summed E-state index contributed by atoms with van der Waals surface area (Å²) >= 11 is 5.12. The molecule has 7 nitrogen and oxygen atoms in total. The Morgan fingerprint density at radius 2 is 1.36 bits per heavy atom. The molecule has 0 bridgehead atoms. The van der Waals surface area contributed by atoms with Crippen molar-refractivity contribution in [3.63, 3.8) is 0 Å². The molecule has 0 unspecified atom stereocenters. The minimum atomic E-state index is -1.32. The summed E-state index contributed by atoms with van der Waals surface area (Å²) in [6, 6.07) is 8.84. The van der Waals surface area contributed by atoms with Crippen molar-refractivity contribution in [1.82, 2.24) is 0 Å². The molecule has 22 heavy (non-hydrogen) atoms. The predicted octanol–water partition coefficient (Wildman–Crippen LogP) is 2.62. The average Bonchev–Trinajstić information content (AvgIpc) is 2.47. The Balaban J connectivity index is 0.000000409. The lowest BCUT2D eigenvalue weighted by Gasteiger charge is -2.09. The fourth-order valence-electron chi connectivity index (χ4n) is 1.20. The molecular formula is C13H12Br2O7. The van der Waals surface area contributed by atoms with E-state index in [9.17, 15) is 14.4 Å². The van der Waals surface area contributed by atoms with Crippen LogP contribution in [-0.4, -0.2) is 40.3 Å². The average molecular weight is 440 g/mol. The Kier molecular flexibility index (Phi) is 9.31. The van der Waals surface area contributed by atoms with Gasteiger partial charge in [-0.05, 0) is 37.4 Å². The normalized spacial score (nSPS) is 12.3. The highest BCUT2D eigenvalue weighted by molar-refractivity contribution is 9.14. The van der Waals surface area contributed by atoms with Gasteiger partial charge in [-0.15, -0.1) is 0 Å². The SMILES string of the molecule is CO[C@@H](C(=O)O)c1ccccc1.O=C(O)/C(Br)=C(/Br)C(=O)O. The van der Waals surface area contributed by atoms with E-state index in [1.165, 1.54) is 7.11 Å². The monoisotopic (exact) mass is 438 g/mol. The second-order valence-electron chi connectivity index (χ2n) is 3.60. The quantitative estimate of drug-likeness (QED) is 0.602. The van der Waals surface area contributed by atoms with Crippen LogP contribution in [0.3, 0.4) is 0 Å². The van der Waals surface area contributed by atoms with E-state index >= 15 is 0 Å². The Morgan fingerprint density at radius 3 is 1.64 bits per heavy atom. The van der Waals surface area contributed by atoms with Crippen molar-refractivity contribution in [1.29, 1.82) is 0 Å².